The molecule has 0 spiro atoms. The van der Waals surface area contributed by atoms with E-state index in [0.29, 0.717) is 0 Å². The first kappa shape index (κ1) is 5.78. The number of hydrogen-bond acceptors (Lipinski definition) is 1. The molecule has 0 N–H and O–H groups in total. The van der Waals surface area contributed by atoms with Gasteiger partial charge in [-0.1, -0.05) is 13.0 Å². The first-order chi connectivity index (χ1) is 4.92. The van der Waals surface area contributed by atoms with Crippen molar-refractivity contribution in [1.29, 1.82) is 0 Å². The van der Waals surface area contributed by atoms with Gasteiger partial charge in [-0.25, -0.2) is 0 Å². The van der Waals surface area contributed by atoms with Crippen LogP contribution in [0.15, 0.2) is 18.2 Å². The lowest BCUT2D eigenvalue weighted by Gasteiger charge is -1.99. The monoisotopic (exact) mass is 134 g/mol. The average molecular weight is 134 g/mol. The molecule has 0 amide bonds. The maximum Gasteiger partial charge on any atom is 0.127 e. The van der Waals surface area contributed by atoms with Crippen molar-refractivity contribution in [3.8, 4) is 16.9 Å². The molecule has 0 heterocycles. The molecule has 1 heteroatoms. The van der Waals surface area contributed by atoms with Crippen molar-refractivity contribution in [2.24, 2.45) is 0 Å². The third kappa shape index (κ3) is 0.783. The molecule has 1 nitrogen and oxygen atoms in total. The van der Waals surface area contributed by atoms with Crippen molar-refractivity contribution < 1.29 is 4.74 Å². The summed E-state index contributed by atoms with van der Waals surface area (Å²) in [7, 11) is 0. The molecule has 2 aliphatic rings. The van der Waals surface area contributed by atoms with Crippen LogP contribution in [-0.2, 0) is 0 Å². The fourth-order valence-electron chi connectivity index (χ4n) is 1.06. The number of fused-ring (bicyclic) bond motifs is 1. The van der Waals surface area contributed by atoms with Gasteiger partial charge in [-0.2, -0.15) is 0 Å². The molecular formula is C9H10O. The van der Waals surface area contributed by atoms with E-state index < -0.39 is 0 Å². The minimum absolute atomic E-state index is 0.838. The Balaban J connectivity index is 2.00. The second-order valence-electron chi connectivity index (χ2n) is 2.56. The highest BCUT2D eigenvalue weighted by Crippen LogP contribution is 2.43. The van der Waals surface area contributed by atoms with Gasteiger partial charge in [0.25, 0.3) is 0 Å². The van der Waals surface area contributed by atoms with Gasteiger partial charge in [0.2, 0.25) is 0 Å². The highest BCUT2D eigenvalue weighted by atomic mass is 16.5. The van der Waals surface area contributed by atoms with Gasteiger partial charge in [0.15, 0.2) is 0 Å². The lowest BCUT2D eigenvalue weighted by molar-refractivity contribution is 0.320. The maximum absolute atomic E-state index is 5.45. The van der Waals surface area contributed by atoms with E-state index in [0.717, 1.165) is 18.8 Å². The van der Waals surface area contributed by atoms with Gasteiger partial charge < -0.3 is 4.74 Å². The molecule has 10 heavy (non-hydrogen) atoms. The minimum atomic E-state index is 0.838. The van der Waals surface area contributed by atoms with Crippen molar-refractivity contribution in [1.82, 2.24) is 0 Å². The van der Waals surface area contributed by atoms with Gasteiger partial charge in [-0.3, -0.25) is 0 Å². The molecule has 0 saturated carbocycles. The predicted octanol–water partition coefficient (Wildman–Crippen LogP) is 2.46. The molecule has 0 atom stereocenters. The minimum Gasteiger partial charge on any atom is -0.493 e. The van der Waals surface area contributed by atoms with E-state index in [4.69, 9.17) is 4.74 Å². The van der Waals surface area contributed by atoms with E-state index in [1.54, 1.807) is 0 Å². The van der Waals surface area contributed by atoms with Crippen LogP contribution >= 0.6 is 0 Å². The van der Waals surface area contributed by atoms with Crippen LogP contribution in [0.4, 0.5) is 0 Å². The zero-order valence-electron chi connectivity index (χ0n) is 6.05. The van der Waals surface area contributed by atoms with Crippen LogP contribution < -0.4 is 4.74 Å². The Hall–Kier alpha value is -0.980. The third-order valence-electron chi connectivity index (χ3n) is 1.67. The van der Waals surface area contributed by atoms with Crippen molar-refractivity contribution in [2.45, 2.75) is 13.3 Å². The molecule has 0 fully saturated rings. The predicted molar refractivity (Wildman–Crippen MR) is 41.2 cm³/mol. The average Bonchev–Trinajstić information content (AvgIpc) is 2.63. The van der Waals surface area contributed by atoms with Crippen LogP contribution in [0, 0.1) is 0 Å². The molecule has 0 aromatic rings. The largest absolute Gasteiger partial charge is 0.493 e. The SMILES string of the molecule is CCCOc1ccc2cc1-2. The van der Waals surface area contributed by atoms with Gasteiger partial charge in [0, 0.05) is 5.56 Å². The molecule has 0 unspecified atom stereocenters. The summed E-state index contributed by atoms with van der Waals surface area (Å²) in [6.07, 6.45) is 1.08. The Kier molecular flexibility index (Phi) is 1.16. The number of hydrogen-bond donors (Lipinski definition) is 0. The molecule has 0 bridgehead atoms. The second-order valence-corrected chi connectivity index (χ2v) is 2.56. The fraction of sp³-hybridized carbons (Fsp3) is 0.333. The van der Waals surface area contributed by atoms with Gasteiger partial charge in [0.1, 0.15) is 5.75 Å². The smallest absolute Gasteiger partial charge is 0.127 e. The number of rotatable bonds is 3. The summed E-state index contributed by atoms with van der Waals surface area (Å²) < 4.78 is 5.45. The lowest BCUT2D eigenvalue weighted by atomic mass is 10.5. The highest BCUT2D eigenvalue weighted by Gasteiger charge is 2.17. The topological polar surface area (TPSA) is 9.23 Å². The van der Waals surface area contributed by atoms with Gasteiger partial charge in [-0.05, 0) is 24.1 Å². The number of benzene rings is 1. The molecular weight excluding hydrogens is 124 g/mol. The van der Waals surface area contributed by atoms with Gasteiger partial charge in [-0.15, -0.1) is 0 Å². The summed E-state index contributed by atoms with van der Waals surface area (Å²) >= 11 is 0. The zero-order valence-corrected chi connectivity index (χ0v) is 6.05. The van der Waals surface area contributed by atoms with Gasteiger partial charge in [0.05, 0.1) is 6.61 Å². The van der Waals surface area contributed by atoms with Crippen LogP contribution in [0.2, 0.25) is 0 Å². The molecule has 2 aliphatic carbocycles. The normalized spacial score (nSPS) is 11.3. The quantitative estimate of drug-likeness (QED) is 0.626. The van der Waals surface area contributed by atoms with Crippen molar-refractivity contribution in [3.63, 3.8) is 0 Å². The van der Waals surface area contributed by atoms with Crippen LogP contribution in [0.5, 0.6) is 5.75 Å². The van der Waals surface area contributed by atoms with Gasteiger partial charge >= 0.3 is 0 Å². The van der Waals surface area contributed by atoms with E-state index in [1.165, 1.54) is 11.1 Å². The lowest BCUT2D eigenvalue weighted by Crippen LogP contribution is -1.92. The fourth-order valence-corrected chi connectivity index (χ4v) is 1.06. The Morgan fingerprint density at radius 3 is 2.80 bits per heavy atom. The zero-order chi connectivity index (χ0) is 6.97. The maximum atomic E-state index is 5.45. The first-order valence-electron chi connectivity index (χ1n) is 3.69. The third-order valence-corrected chi connectivity index (χ3v) is 1.67. The molecule has 0 radical (unpaired) electrons. The summed E-state index contributed by atoms with van der Waals surface area (Å²) in [6.45, 7) is 2.95. The number of ether oxygens (including phenoxy) is 1. The summed E-state index contributed by atoms with van der Waals surface area (Å²) in [5, 5.41) is 0. The highest BCUT2D eigenvalue weighted by molar-refractivity contribution is 5.87. The van der Waals surface area contributed by atoms with Crippen LogP contribution in [-0.4, -0.2) is 6.61 Å². The van der Waals surface area contributed by atoms with Crippen molar-refractivity contribution in [2.75, 3.05) is 6.61 Å². The van der Waals surface area contributed by atoms with E-state index in [9.17, 15) is 0 Å². The molecule has 0 saturated heterocycles. The van der Waals surface area contributed by atoms with E-state index in [1.807, 2.05) is 6.07 Å². The standard InChI is InChI=1S/C9H10O/c1-2-5-10-9-4-3-7-6-8(7)9/h3-4,6H,2,5H2,1H3. The van der Waals surface area contributed by atoms with Crippen LogP contribution in [0.25, 0.3) is 11.1 Å². The van der Waals surface area contributed by atoms with E-state index in [2.05, 4.69) is 19.1 Å². The molecule has 2 rings (SSSR count). The Morgan fingerprint density at radius 1 is 1.40 bits per heavy atom. The summed E-state index contributed by atoms with van der Waals surface area (Å²) in [5.41, 5.74) is 2.67. The van der Waals surface area contributed by atoms with Crippen LogP contribution in [0.1, 0.15) is 13.3 Å². The molecule has 0 aromatic heterocycles. The van der Waals surface area contributed by atoms with E-state index in [-0.39, 0.29) is 0 Å². The molecule has 0 aromatic carbocycles. The Morgan fingerprint density at radius 2 is 2.30 bits per heavy atom. The molecule has 52 valence electrons. The van der Waals surface area contributed by atoms with Crippen molar-refractivity contribution >= 4 is 0 Å². The van der Waals surface area contributed by atoms with Crippen molar-refractivity contribution in [3.05, 3.63) is 18.2 Å². The molecule has 0 aliphatic heterocycles. The summed E-state index contributed by atoms with van der Waals surface area (Å²) in [6, 6.07) is 6.28. The second kappa shape index (κ2) is 2.01. The summed E-state index contributed by atoms with van der Waals surface area (Å²) in [5.74, 6) is 1.07. The summed E-state index contributed by atoms with van der Waals surface area (Å²) in [4.78, 5) is 0. The Labute approximate surface area is 60.6 Å². The van der Waals surface area contributed by atoms with E-state index >= 15 is 0 Å². The van der Waals surface area contributed by atoms with Crippen LogP contribution in [0.3, 0.4) is 0 Å². The Bertz CT molecular complexity index is 253. The first-order valence-corrected chi connectivity index (χ1v) is 3.69.